The number of hydrogen-bond acceptors (Lipinski definition) is 3. The van der Waals surface area contributed by atoms with Crippen LogP contribution in [0.4, 0.5) is 0 Å². The Labute approximate surface area is 129 Å². The lowest BCUT2D eigenvalue weighted by Gasteiger charge is -2.11. The molecule has 2 N–H and O–H groups in total. The monoisotopic (exact) mass is 298 g/mol. The third kappa shape index (κ3) is 3.44. The van der Waals surface area contributed by atoms with Crippen LogP contribution in [-0.4, -0.2) is 18.9 Å². The molecular formula is C17H18N2O3. The molecule has 0 aromatic heterocycles. The van der Waals surface area contributed by atoms with Gasteiger partial charge in [0.1, 0.15) is 5.75 Å². The number of benzene rings is 2. The van der Waals surface area contributed by atoms with Gasteiger partial charge in [-0.1, -0.05) is 29.8 Å². The summed E-state index contributed by atoms with van der Waals surface area (Å²) in [4.78, 5) is 24.2. The molecule has 0 bridgehead atoms. The van der Waals surface area contributed by atoms with E-state index in [1.807, 2.05) is 26.0 Å². The first-order valence-electron chi connectivity index (χ1n) is 6.84. The zero-order chi connectivity index (χ0) is 16.1. The number of hydrogen-bond donors (Lipinski definition) is 2. The van der Waals surface area contributed by atoms with Gasteiger partial charge in [-0.15, -0.1) is 0 Å². The van der Waals surface area contributed by atoms with Gasteiger partial charge in [0.15, 0.2) is 0 Å². The number of hydrazine groups is 1. The lowest BCUT2D eigenvalue weighted by Crippen LogP contribution is -2.42. The third-order valence-electron chi connectivity index (χ3n) is 3.27. The van der Waals surface area contributed by atoms with Gasteiger partial charge < -0.3 is 4.74 Å². The summed E-state index contributed by atoms with van der Waals surface area (Å²) in [6, 6.07) is 12.3. The number of carbonyl (C=O) groups excluding carboxylic acids is 2. The van der Waals surface area contributed by atoms with Gasteiger partial charge in [-0.2, -0.15) is 0 Å². The first-order valence-corrected chi connectivity index (χ1v) is 6.84. The molecule has 5 heteroatoms. The van der Waals surface area contributed by atoms with Gasteiger partial charge in [0.25, 0.3) is 11.8 Å². The SMILES string of the molecule is COc1ccccc1C(=O)NNC(=O)c1ccc(C)cc1C. The second-order valence-electron chi connectivity index (χ2n) is 4.93. The molecule has 2 aromatic rings. The first-order chi connectivity index (χ1) is 10.5. The Morgan fingerprint density at radius 1 is 0.909 bits per heavy atom. The van der Waals surface area contributed by atoms with Crippen LogP contribution >= 0.6 is 0 Å². The predicted octanol–water partition coefficient (Wildman–Crippen LogP) is 2.39. The minimum Gasteiger partial charge on any atom is -0.496 e. The minimum absolute atomic E-state index is 0.353. The van der Waals surface area contributed by atoms with Crippen molar-refractivity contribution in [3.8, 4) is 5.75 Å². The molecule has 114 valence electrons. The summed E-state index contributed by atoms with van der Waals surface area (Å²) in [5, 5.41) is 0. The molecule has 2 rings (SSSR count). The van der Waals surface area contributed by atoms with E-state index in [9.17, 15) is 9.59 Å². The molecule has 0 radical (unpaired) electrons. The quantitative estimate of drug-likeness (QED) is 0.855. The minimum atomic E-state index is -0.435. The average Bonchev–Trinajstić information content (AvgIpc) is 2.52. The van der Waals surface area contributed by atoms with Gasteiger partial charge in [0.2, 0.25) is 0 Å². The highest BCUT2D eigenvalue weighted by molar-refractivity contribution is 6.01. The van der Waals surface area contributed by atoms with Crippen LogP contribution < -0.4 is 15.6 Å². The Morgan fingerprint density at radius 3 is 2.18 bits per heavy atom. The lowest BCUT2D eigenvalue weighted by atomic mass is 10.1. The Kier molecular flexibility index (Phi) is 4.78. The van der Waals surface area contributed by atoms with E-state index in [-0.39, 0.29) is 5.91 Å². The van der Waals surface area contributed by atoms with Crippen LogP contribution in [0.1, 0.15) is 31.8 Å². The summed E-state index contributed by atoms with van der Waals surface area (Å²) in [5.41, 5.74) is 7.61. The smallest absolute Gasteiger partial charge is 0.273 e. The Hall–Kier alpha value is -2.82. The molecule has 0 saturated carbocycles. The molecule has 0 aliphatic carbocycles. The van der Waals surface area contributed by atoms with E-state index in [1.54, 1.807) is 30.3 Å². The van der Waals surface area contributed by atoms with Crippen molar-refractivity contribution in [3.63, 3.8) is 0 Å². The fourth-order valence-corrected chi connectivity index (χ4v) is 2.15. The molecule has 2 amide bonds. The summed E-state index contributed by atoms with van der Waals surface area (Å²) in [6.45, 7) is 3.81. The number of aryl methyl sites for hydroxylation is 2. The molecule has 0 atom stereocenters. The van der Waals surface area contributed by atoms with Crippen molar-refractivity contribution >= 4 is 11.8 Å². The zero-order valence-electron chi connectivity index (χ0n) is 12.8. The number of para-hydroxylation sites is 1. The van der Waals surface area contributed by atoms with Crippen molar-refractivity contribution in [2.24, 2.45) is 0 Å². The molecule has 22 heavy (non-hydrogen) atoms. The summed E-state index contributed by atoms with van der Waals surface area (Å²) < 4.78 is 5.12. The fraction of sp³-hybridized carbons (Fsp3) is 0.176. The van der Waals surface area contributed by atoms with Crippen LogP contribution in [-0.2, 0) is 0 Å². The van der Waals surface area contributed by atoms with Gasteiger partial charge in [-0.25, -0.2) is 0 Å². The van der Waals surface area contributed by atoms with Gasteiger partial charge in [-0.05, 0) is 37.6 Å². The number of rotatable bonds is 3. The van der Waals surface area contributed by atoms with E-state index in [0.717, 1.165) is 11.1 Å². The van der Waals surface area contributed by atoms with Crippen LogP contribution in [0.15, 0.2) is 42.5 Å². The third-order valence-corrected chi connectivity index (χ3v) is 3.27. The van der Waals surface area contributed by atoms with Gasteiger partial charge in [0.05, 0.1) is 12.7 Å². The number of nitrogens with one attached hydrogen (secondary N) is 2. The van der Waals surface area contributed by atoms with E-state index in [0.29, 0.717) is 16.9 Å². The van der Waals surface area contributed by atoms with Crippen molar-refractivity contribution < 1.29 is 14.3 Å². The maximum Gasteiger partial charge on any atom is 0.273 e. The molecule has 0 fully saturated rings. The van der Waals surface area contributed by atoms with E-state index < -0.39 is 5.91 Å². The topological polar surface area (TPSA) is 67.4 Å². The van der Waals surface area contributed by atoms with Gasteiger partial charge in [-0.3, -0.25) is 20.4 Å². The average molecular weight is 298 g/mol. The largest absolute Gasteiger partial charge is 0.496 e. The molecule has 0 aliphatic heterocycles. The lowest BCUT2D eigenvalue weighted by molar-refractivity contribution is 0.0844. The summed E-state index contributed by atoms with van der Waals surface area (Å²) in [5.74, 6) is -0.350. The normalized spacial score (nSPS) is 9.95. The van der Waals surface area contributed by atoms with Crippen molar-refractivity contribution in [1.82, 2.24) is 10.9 Å². The molecule has 5 nitrogen and oxygen atoms in total. The van der Waals surface area contributed by atoms with Crippen LogP contribution in [0.5, 0.6) is 5.75 Å². The summed E-state index contributed by atoms with van der Waals surface area (Å²) >= 11 is 0. The van der Waals surface area contributed by atoms with Crippen LogP contribution in [0, 0.1) is 13.8 Å². The zero-order valence-corrected chi connectivity index (χ0v) is 12.8. The van der Waals surface area contributed by atoms with Crippen LogP contribution in [0.3, 0.4) is 0 Å². The number of carbonyl (C=O) groups is 2. The maximum atomic E-state index is 12.1. The molecule has 0 spiro atoms. The Bertz CT molecular complexity index is 711. The van der Waals surface area contributed by atoms with Crippen molar-refractivity contribution in [3.05, 3.63) is 64.7 Å². The summed E-state index contributed by atoms with van der Waals surface area (Å²) in [6.07, 6.45) is 0. The van der Waals surface area contributed by atoms with E-state index in [2.05, 4.69) is 10.9 Å². The molecule has 0 unspecified atom stereocenters. The molecule has 2 aromatic carbocycles. The molecule has 0 aliphatic rings. The van der Waals surface area contributed by atoms with Crippen molar-refractivity contribution in [2.45, 2.75) is 13.8 Å². The highest BCUT2D eigenvalue weighted by Crippen LogP contribution is 2.16. The number of methoxy groups -OCH3 is 1. The molecule has 0 heterocycles. The standard InChI is InChI=1S/C17H18N2O3/c1-11-8-9-13(12(2)10-11)16(20)18-19-17(21)14-6-4-5-7-15(14)22-3/h4-10H,1-3H3,(H,18,20)(H,19,21). The van der Waals surface area contributed by atoms with E-state index >= 15 is 0 Å². The van der Waals surface area contributed by atoms with Gasteiger partial charge >= 0.3 is 0 Å². The number of ether oxygens (including phenoxy) is 1. The van der Waals surface area contributed by atoms with Crippen molar-refractivity contribution in [2.75, 3.05) is 7.11 Å². The predicted molar refractivity (Wildman–Crippen MR) is 83.8 cm³/mol. The van der Waals surface area contributed by atoms with Crippen molar-refractivity contribution in [1.29, 1.82) is 0 Å². The first kappa shape index (κ1) is 15.6. The Balaban J connectivity index is 2.06. The fourth-order valence-electron chi connectivity index (χ4n) is 2.15. The second-order valence-corrected chi connectivity index (χ2v) is 4.93. The van der Waals surface area contributed by atoms with Crippen LogP contribution in [0.25, 0.3) is 0 Å². The number of amides is 2. The van der Waals surface area contributed by atoms with Gasteiger partial charge in [0, 0.05) is 5.56 Å². The highest BCUT2D eigenvalue weighted by Gasteiger charge is 2.14. The Morgan fingerprint density at radius 2 is 1.55 bits per heavy atom. The second kappa shape index (κ2) is 6.76. The maximum absolute atomic E-state index is 12.1. The summed E-state index contributed by atoms with van der Waals surface area (Å²) in [7, 11) is 1.49. The highest BCUT2D eigenvalue weighted by atomic mass is 16.5. The van der Waals surface area contributed by atoms with Crippen LogP contribution in [0.2, 0.25) is 0 Å². The van der Waals surface area contributed by atoms with E-state index in [4.69, 9.17) is 4.74 Å². The molecule has 0 saturated heterocycles. The molecular weight excluding hydrogens is 280 g/mol. The van der Waals surface area contributed by atoms with E-state index in [1.165, 1.54) is 7.11 Å².